The topological polar surface area (TPSA) is 73.3 Å². The first kappa shape index (κ1) is 25.4. The molecular weight excluding hydrogens is 478 g/mol. The van der Waals surface area contributed by atoms with E-state index in [1.807, 2.05) is 85.5 Å². The highest BCUT2D eigenvalue weighted by Gasteiger charge is 2.47. The van der Waals surface area contributed by atoms with E-state index in [0.717, 1.165) is 28.3 Å². The minimum Gasteiger partial charge on any atom is -0.507 e. The van der Waals surface area contributed by atoms with E-state index in [9.17, 15) is 14.7 Å². The van der Waals surface area contributed by atoms with Crippen molar-refractivity contribution in [2.75, 3.05) is 49.0 Å². The highest BCUT2D eigenvalue weighted by Crippen LogP contribution is 2.43. The van der Waals surface area contributed by atoms with Crippen molar-refractivity contribution in [3.05, 3.63) is 89.0 Å². The molecule has 38 heavy (non-hydrogen) atoms. The van der Waals surface area contributed by atoms with Crippen molar-refractivity contribution in [1.82, 2.24) is 0 Å². The minimum absolute atomic E-state index is 0.0725. The standard InChI is InChI=1S/C31H33N3O4/c1-19(2)20-6-8-21(9-7-20)28-27(29(35)22-10-15-26-25(18-22)33(5)16-17-38-26)30(36)31(37)34(28)24-13-11-23(12-14-24)32(3)4/h6-15,18-19,28,35H,16-17H2,1-5H3/b29-27-. The van der Waals surface area contributed by atoms with Gasteiger partial charge < -0.3 is 19.6 Å². The average Bonchev–Trinajstić information content (AvgIpc) is 3.18. The summed E-state index contributed by atoms with van der Waals surface area (Å²) < 4.78 is 5.74. The minimum atomic E-state index is -0.772. The normalized spacial score (nSPS) is 18.5. The van der Waals surface area contributed by atoms with Gasteiger partial charge in [-0.1, -0.05) is 38.1 Å². The van der Waals surface area contributed by atoms with Crippen LogP contribution in [0.1, 0.15) is 42.5 Å². The predicted molar refractivity (Wildman–Crippen MR) is 151 cm³/mol. The Morgan fingerprint density at radius 1 is 1.00 bits per heavy atom. The van der Waals surface area contributed by atoms with Gasteiger partial charge in [-0.05, 0) is 59.5 Å². The molecule has 0 spiro atoms. The van der Waals surface area contributed by atoms with Gasteiger partial charge in [0.15, 0.2) is 0 Å². The Labute approximate surface area is 223 Å². The molecule has 1 N–H and O–H groups in total. The number of hydrogen-bond acceptors (Lipinski definition) is 6. The molecule has 0 saturated carbocycles. The summed E-state index contributed by atoms with van der Waals surface area (Å²) in [5.41, 5.74) is 4.83. The van der Waals surface area contributed by atoms with Crippen LogP contribution >= 0.6 is 0 Å². The van der Waals surface area contributed by atoms with Gasteiger partial charge in [-0.2, -0.15) is 0 Å². The number of amides is 1. The van der Waals surface area contributed by atoms with Gasteiger partial charge in [-0.15, -0.1) is 0 Å². The van der Waals surface area contributed by atoms with Crippen molar-refractivity contribution in [2.24, 2.45) is 0 Å². The van der Waals surface area contributed by atoms with Gasteiger partial charge in [-0.25, -0.2) is 0 Å². The summed E-state index contributed by atoms with van der Waals surface area (Å²) in [5, 5.41) is 11.6. The average molecular weight is 512 g/mol. The number of fused-ring (bicyclic) bond motifs is 1. The second-order valence-electron chi connectivity index (χ2n) is 10.4. The number of anilines is 3. The summed E-state index contributed by atoms with van der Waals surface area (Å²) in [6.45, 7) is 5.53. The number of aliphatic hydroxyl groups is 1. The van der Waals surface area contributed by atoms with Gasteiger partial charge >= 0.3 is 0 Å². The quantitative estimate of drug-likeness (QED) is 0.284. The van der Waals surface area contributed by atoms with Crippen molar-refractivity contribution >= 4 is 34.5 Å². The molecule has 2 heterocycles. The highest BCUT2D eigenvalue weighted by molar-refractivity contribution is 6.51. The van der Waals surface area contributed by atoms with Crippen LogP contribution in [0.2, 0.25) is 0 Å². The van der Waals surface area contributed by atoms with Crippen LogP contribution in [0.4, 0.5) is 17.1 Å². The van der Waals surface area contributed by atoms with E-state index < -0.39 is 17.7 Å². The number of aliphatic hydroxyl groups excluding tert-OH is 1. The molecule has 1 unspecified atom stereocenters. The maximum Gasteiger partial charge on any atom is 0.300 e. The number of rotatable bonds is 5. The fourth-order valence-corrected chi connectivity index (χ4v) is 5.04. The number of carbonyl (C=O) groups is 2. The Morgan fingerprint density at radius 3 is 2.32 bits per heavy atom. The lowest BCUT2D eigenvalue weighted by molar-refractivity contribution is -0.132. The number of ether oxygens (including phenoxy) is 1. The Bertz CT molecular complexity index is 1410. The first-order valence-corrected chi connectivity index (χ1v) is 12.8. The van der Waals surface area contributed by atoms with Crippen molar-refractivity contribution in [2.45, 2.75) is 25.8 Å². The van der Waals surface area contributed by atoms with E-state index in [-0.39, 0.29) is 11.3 Å². The molecule has 3 aromatic carbocycles. The van der Waals surface area contributed by atoms with Crippen LogP contribution in [-0.4, -0.2) is 51.1 Å². The van der Waals surface area contributed by atoms with Gasteiger partial charge in [0.2, 0.25) is 0 Å². The molecule has 7 heteroatoms. The largest absolute Gasteiger partial charge is 0.507 e. The van der Waals surface area contributed by atoms with Crippen molar-refractivity contribution in [3.8, 4) is 5.75 Å². The van der Waals surface area contributed by atoms with Gasteiger partial charge in [0, 0.05) is 38.1 Å². The van der Waals surface area contributed by atoms with Crippen LogP contribution in [0.5, 0.6) is 5.75 Å². The highest BCUT2D eigenvalue weighted by atomic mass is 16.5. The van der Waals surface area contributed by atoms with Crippen molar-refractivity contribution in [3.63, 3.8) is 0 Å². The molecule has 1 saturated heterocycles. The summed E-state index contributed by atoms with van der Waals surface area (Å²) in [6, 6.07) is 20.0. The van der Waals surface area contributed by atoms with Crippen LogP contribution in [0.3, 0.4) is 0 Å². The number of likely N-dealkylation sites (N-methyl/N-ethyl adjacent to an activating group) is 1. The zero-order valence-corrected chi connectivity index (χ0v) is 22.4. The van der Waals surface area contributed by atoms with E-state index in [2.05, 4.69) is 13.8 Å². The molecule has 2 aliphatic rings. The molecule has 0 bridgehead atoms. The number of carbonyl (C=O) groups excluding carboxylic acids is 2. The molecule has 196 valence electrons. The lowest BCUT2D eigenvalue weighted by Crippen LogP contribution is -2.29. The summed E-state index contributed by atoms with van der Waals surface area (Å²) in [6.07, 6.45) is 0. The maximum absolute atomic E-state index is 13.5. The van der Waals surface area contributed by atoms with Crippen molar-refractivity contribution < 1.29 is 19.4 Å². The second kappa shape index (κ2) is 9.89. The Balaban J connectivity index is 1.67. The molecular formula is C31H33N3O4. The molecule has 0 radical (unpaired) electrons. The second-order valence-corrected chi connectivity index (χ2v) is 10.4. The summed E-state index contributed by atoms with van der Waals surface area (Å²) in [5.74, 6) is -0.517. The molecule has 0 aromatic heterocycles. The van der Waals surface area contributed by atoms with Gasteiger partial charge in [0.05, 0.1) is 23.8 Å². The van der Waals surface area contributed by atoms with Gasteiger partial charge in [0.25, 0.3) is 11.7 Å². The lowest BCUT2D eigenvalue weighted by atomic mass is 9.93. The number of Topliss-reactive ketones (excluding diaryl/α,β-unsaturated/α-hetero) is 1. The van der Waals surface area contributed by atoms with Crippen LogP contribution in [-0.2, 0) is 9.59 Å². The molecule has 0 aliphatic carbocycles. The monoisotopic (exact) mass is 511 g/mol. The van der Waals surface area contributed by atoms with Crippen LogP contribution < -0.4 is 19.4 Å². The maximum atomic E-state index is 13.5. The zero-order valence-electron chi connectivity index (χ0n) is 22.4. The smallest absolute Gasteiger partial charge is 0.300 e. The van der Waals surface area contributed by atoms with E-state index >= 15 is 0 Å². The number of hydrogen-bond donors (Lipinski definition) is 1. The number of benzene rings is 3. The first-order chi connectivity index (χ1) is 18.2. The lowest BCUT2D eigenvalue weighted by Gasteiger charge is -2.28. The summed E-state index contributed by atoms with van der Waals surface area (Å²) >= 11 is 0. The third-order valence-corrected chi connectivity index (χ3v) is 7.34. The zero-order chi connectivity index (χ0) is 27.1. The molecule has 5 rings (SSSR count). The van der Waals surface area contributed by atoms with E-state index in [0.29, 0.717) is 30.3 Å². The molecule has 1 fully saturated rings. The molecule has 1 atom stereocenters. The fraction of sp³-hybridized carbons (Fsp3) is 0.290. The van der Waals surface area contributed by atoms with Gasteiger partial charge in [0.1, 0.15) is 18.1 Å². The van der Waals surface area contributed by atoms with E-state index in [4.69, 9.17) is 4.74 Å². The van der Waals surface area contributed by atoms with Crippen LogP contribution in [0.25, 0.3) is 5.76 Å². The van der Waals surface area contributed by atoms with E-state index in [1.165, 1.54) is 4.90 Å². The number of ketones is 1. The third-order valence-electron chi connectivity index (χ3n) is 7.34. The summed E-state index contributed by atoms with van der Waals surface area (Å²) in [7, 11) is 5.84. The van der Waals surface area contributed by atoms with Gasteiger partial charge in [-0.3, -0.25) is 14.5 Å². The first-order valence-electron chi connectivity index (χ1n) is 12.8. The Kier molecular flexibility index (Phi) is 6.61. The Morgan fingerprint density at radius 2 is 1.68 bits per heavy atom. The third kappa shape index (κ3) is 4.38. The van der Waals surface area contributed by atoms with E-state index in [1.54, 1.807) is 12.1 Å². The molecule has 1 amide bonds. The van der Waals surface area contributed by atoms with Crippen LogP contribution in [0.15, 0.2) is 72.3 Å². The SMILES string of the molecule is CC(C)c1ccc(C2/C(=C(/O)c3ccc4c(c3)N(C)CCO4)C(=O)C(=O)N2c2ccc(N(C)C)cc2)cc1. The fourth-order valence-electron chi connectivity index (χ4n) is 5.04. The predicted octanol–water partition coefficient (Wildman–Crippen LogP) is 5.33. The molecule has 7 nitrogen and oxygen atoms in total. The van der Waals surface area contributed by atoms with Crippen LogP contribution in [0, 0.1) is 0 Å². The van der Waals surface area contributed by atoms with Crippen molar-refractivity contribution in [1.29, 1.82) is 0 Å². The Hall–Kier alpha value is -4.26. The molecule has 2 aliphatic heterocycles. The summed E-state index contributed by atoms with van der Waals surface area (Å²) in [4.78, 5) is 32.6. The number of nitrogens with zero attached hydrogens (tertiary/aromatic N) is 3. The molecule has 3 aromatic rings.